The van der Waals surface area contributed by atoms with Crippen molar-refractivity contribution in [3.05, 3.63) is 59.7 Å². The Morgan fingerprint density at radius 2 is 1.72 bits per heavy atom. The molecule has 0 atom stereocenters. The lowest BCUT2D eigenvalue weighted by Crippen LogP contribution is -2.37. The molecule has 0 saturated heterocycles. The van der Waals surface area contributed by atoms with Crippen molar-refractivity contribution < 1.29 is 19.1 Å². The zero-order valence-electron chi connectivity index (χ0n) is 14.4. The molecule has 6 nitrogen and oxygen atoms in total. The highest BCUT2D eigenvalue weighted by molar-refractivity contribution is 5.96. The fourth-order valence-corrected chi connectivity index (χ4v) is 2.33. The Labute approximate surface area is 147 Å². The maximum atomic E-state index is 11.9. The fraction of sp³-hybridized carbons (Fsp3) is 0.263. The van der Waals surface area contributed by atoms with Crippen molar-refractivity contribution >= 4 is 11.8 Å². The Balaban J connectivity index is 1.78. The minimum atomic E-state index is -0.273. The predicted octanol–water partition coefficient (Wildman–Crippen LogP) is 1.79. The summed E-state index contributed by atoms with van der Waals surface area (Å²) in [5, 5.41) is 5.37. The molecule has 2 rings (SSSR count). The maximum Gasteiger partial charge on any atom is 0.251 e. The molecule has 132 valence electrons. The number of methoxy groups -OCH3 is 2. The zero-order valence-corrected chi connectivity index (χ0v) is 14.4. The molecule has 6 heteroatoms. The van der Waals surface area contributed by atoms with E-state index >= 15 is 0 Å². The van der Waals surface area contributed by atoms with Crippen LogP contribution in [0.15, 0.2) is 48.5 Å². The molecular formula is C19H22N2O4. The van der Waals surface area contributed by atoms with Gasteiger partial charge < -0.3 is 20.1 Å². The van der Waals surface area contributed by atoms with Crippen molar-refractivity contribution in [2.24, 2.45) is 0 Å². The van der Waals surface area contributed by atoms with Gasteiger partial charge in [0.1, 0.15) is 11.5 Å². The summed E-state index contributed by atoms with van der Waals surface area (Å²) in [6.07, 6.45) is 0.596. The van der Waals surface area contributed by atoms with E-state index in [0.717, 1.165) is 17.1 Å². The van der Waals surface area contributed by atoms with Gasteiger partial charge in [0.2, 0.25) is 5.91 Å². The molecule has 0 aromatic heterocycles. The van der Waals surface area contributed by atoms with Gasteiger partial charge >= 0.3 is 0 Å². The molecule has 0 unspecified atom stereocenters. The minimum Gasteiger partial charge on any atom is -0.497 e. The molecule has 2 amide bonds. The first kappa shape index (κ1) is 18.3. The SMILES string of the molecule is COc1ccc(OC)c(CCNC(=O)CNC(=O)c2ccccc2)c1. The molecule has 0 fully saturated rings. The molecule has 0 radical (unpaired) electrons. The smallest absolute Gasteiger partial charge is 0.251 e. The van der Waals surface area contributed by atoms with Crippen LogP contribution in [-0.2, 0) is 11.2 Å². The zero-order chi connectivity index (χ0) is 18.1. The summed E-state index contributed by atoms with van der Waals surface area (Å²) in [5.74, 6) is 0.959. The van der Waals surface area contributed by atoms with Crippen LogP contribution in [-0.4, -0.2) is 39.1 Å². The number of carbonyl (C=O) groups excluding carboxylic acids is 2. The third-order valence-corrected chi connectivity index (χ3v) is 3.65. The van der Waals surface area contributed by atoms with Gasteiger partial charge in [-0.15, -0.1) is 0 Å². The predicted molar refractivity (Wildman–Crippen MR) is 95.0 cm³/mol. The highest BCUT2D eigenvalue weighted by Crippen LogP contribution is 2.24. The van der Waals surface area contributed by atoms with Crippen LogP contribution in [0.3, 0.4) is 0 Å². The standard InChI is InChI=1S/C19H22N2O4/c1-24-16-8-9-17(25-2)15(12-16)10-11-20-18(22)13-21-19(23)14-6-4-3-5-7-14/h3-9,12H,10-11,13H2,1-2H3,(H,20,22)(H,21,23). The number of nitrogens with one attached hydrogen (secondary N) is 2. The van der Waals surface area contributed by atoms with E-state index < -0.39 is 0 Å². The normalized spacial score (nSPS) is 10.0. The van der Waals surface area contributed by atoms with Gasteiger partial charge in [0.15, 0.2) is 0 Å². The number of amides is 2. The molecule has 0 aliphatic heterocycles. The van der Waals surface area contributed by atoms with Gasteiger partial charge in [-0.05, 0) is 42.3 Å². The Bertz CT molecular complexity index is 717. The van der Waals surface area contributed by atoms with E-state index in [2.05, 4.69) is 10.6 Å². The lowest BCUT2D eigenvalue weighted by Gasteiger charge is -2.11. The molecule has 2 aromatic carbocycles. The summed E-state index contributed by atoms with van der Waals surface area (Å²) in [5.41, 5.74) is 1.46. The van der Waals surface area contributed by atoms with Gasteiger partial charge in [0.05, 0.1) is 20.8 Å². The molecule has 0 spiro atoms. The summed E-state index contributed by atoms with van der Waals surface area (Å²) < 4.78 is 10.5. The Morgan fingerprint density at radius 1 is 0.960 bits per heavy atom. The third-order valence-electron chi connectivity index (χ3n) is 3.65. The molecule has 25 heavy (non-hydrogen) atoms. The van der Waals surface area contributed by atoms with Gasteiger partial charge in [-0.3, -0.25) is 9.59 Å². The summed E-state index contributed by atoms with van der Waals surface area (Å²) in [6, 6.07) is 14.3. The van der Waals surface area contributed by atoms with Gasteiger partial charge in [-0.1, -0.05) is 18.2 Å². The summed E-state index contributed by atoms with van der Waals surface area (Å²) >= 11 is 0. The van der Waals surface area contributed by atoms with Crippen molar-refractivity contribution in [1.82, 2.24) is 10.6 Å². The van der Waals surface area contributed by atoms with Crippen molar-refractivity contribution in [3.8, 4) is 11.5 Å². The molecule has 0 heterocycles. The number of ether oxygens (including phenoxy) is 2. The van der Waals surface area contributed by atoms with Crippen molar-refractivity contribution in [2.75, 3.05) is 27.3 Å². The van der Waals surface area contributed by atoms with E-state index in [0.29, 0.717) is 18.5 Å². The van der Waals surface area contributed by atoms with E-state index in [4.69, 9.17) is 9.47 Å². The molecule has 0 bridgehead atoms. The second kappa shape index (κ2) is 9.32. The highest BCUT2D eigenvalue weighted by Gasteiger charge is 2.09. The summed E-state index contributed by atoms with van der Waals surface area (Å²) in [7, 11) is 3.20. The average molecular weight is 342 g/mol. The van der Waals surface area contributed by atoms with Crippen LogP contribution in [0.25, 0.3) is 0 Å². The second-order valence-corrected chi connectivity index (χ2v) is 5.33. The monoisotopic (exact) mass is 342 g/mol. The molecular weight excluding hydrogens is 320 g/mol. The van der Waals surface area contributed by atoms with Gasteiger partial charge in [0, 0.05) is 12.1 Å². The molecule has 0 saturated carbocycles. The third kappa shape index (κ3) is 5.53. The lowest BCUT2D eigenvalue weighted by atomic mass is 10.1. The van der Waals surface area contributed by atoms with Crippen LogP contribution in [0.1, 0.15) is 15.9 Å². The first-order valence-electron chi connectivity index (χ1n) is 7.95. The van der Waals surface area contributed by atoms with Crippen molar-refractivity contribution in [3.63, 3.8) is 0 Å². The van der Waals surface area contributed by atoms with Crippen LogP contribution in [0, 0.1) is 0 Å². The van der Waals surface area contributed by atoms with Crippen molar-refractivity contribution in [2.45, 2.75) is 6.42 Å². The van der Waals surface area contributed by atoms with Crippen LogP contribution in [0.2, 0.25) is 0 Å². The fourth-order valence-electron chi connectivity index (χ4n) is 2.33. The summed E-state index contributed by atoms with van der Waals surface area (Å²) in [4.78, 5) is 23.7. The average Bonchev–Trinajstić information content (AvgIpc) is 2.66. The Kier molecular flexibility index (Phi) is 6.83. The number of hydrogen-bond acceptors (Lipinski definition) is 4. The van der Waals surface area contributed by atoms with E-state index in [-0.39, 0.29) is 18.4 Å². The van der Waals surface area contributed by atoms with Gasteiger partial charge in [-0.2, -0.15) is 0 Å². The van der Waals surface area contributed by atoms with E-state index in [1.165, 1.54) is 0 Å². The number of benzene rings is 2. The van der Waals surface area contributed by atoms with Crippen LogP contribution in [0.5, 0.6) is 11.5 Å². The largest absolute Gasteiger partial charge is 0.497 e. The van der Waals surface area contributed by atoms with Gasteiger partial charge in [-0.25, -0.2) is 0 Å². The van der Waals surface area contributed by atoms with Crippen LogP contribution >= 0.6 is 0 Å². The number of hydrogen-bond donors (Lipinski definition) is 2. The number of rotatable bonds is 8. The molecule has 2 aromatic rings. The Morgan fingerprint density at radius 3 is 2.40 bits per heavy atom. The minimum absolute atomic E-state index is 0.0665. The van der Waals surface area contributed by atoms with Crippen LogP contribution < -0.4 is 20.1 Å². The van der Waals surface area contributed by atoms with Crippen LogP contribution in [0.4, 0.5) is 0 Å². The maximum absolute atomic E-state index is 11.9. The molecule has 0 aliphatic rings. The quantitative estimate of drug-likeness (QED) is 0.767. The highest BCUT2D eigenvalue weighted by atomic mass is 16.5. The summed E-state index contributed by atoms with van der Waals surface area (Å²) in [6.45, 7) is 0.368. The van der Waals surface area contributed by atoms with Gasteiger partial charge in [0.25, 0.3) is 5.91 Å². The number of carbonyl (C=O) groups is 2. The first-order chi connectivity index (χ1) is 12.1. The van der Waals surface area contributed by atoms with E-state index in [1.807, 2.05) is 24.3 Å². The molecule has 0 aliphatic carbocycles. The lowest BCUT2D eigenvalue weighted by molar-refractivity contribution is -0.120. The van der Waals surface area contributed by atoms with E-state index in [9.17, 15) is 9.59 Å². The van der Waals surface area contributed by atoms with E-state index in [1.54, 1.807) is 38.5 Å². The topological polar surface area (TPSA) is 76.7 Å². The van der Waals surface area contributed by atoms with Crippen molar-refractivity contribution in [1.29, 1.82) is 0 Å². The first-order valence-corrected chi connectivity index (χ1v) is 7.95. The Hall–Kier alpha value is -3.02. The molecule has 2 N–H and O–H groups in total. The second-order valence-electron chi connectivity index (χ2n) is 5.33.